The summed E-state index contributed by atoms with van der Waals surface area (Å²) < 4.78 is 5.33. The van der Waals surface area contributed by atoms with Crippen LogP contribution in [0.15, 0.2) is 97.1 Å². The van der Waals surface area contributed by atoms with E-state index >= 15 is 0 Å². The molecule has 174 valence electrons. The molecular weight excluding hydrogens is 416 g/mol. The summed E-state index contributed by atoms with van der Waals surface area (Å²) in [5.41, 5.74) is 7.93. The molecule has 0 saturated heterocycles. The molecule has 1 unspecified atom stereocenters. The van der Waals surface area contributed by atoms with Crippen molar-refractivity contribution in [1.29, 1.82) is 0 Å². The smallest absolute Gasteiger partial charge is 0.118 e. The van der Waals surface area contributed by atoms with E-state index in [0.717, 1.165) is 11.3 Å². The number of ether oxygens (including phenoxy) is 1. The van der Waals surface area contributed by atoms with Gasteiger partial charge in [0.1, 0.15) is 5.75 Å². The fourth-order valence-corrected chi connectivity index (χ4v) is 4.72. The van der Waals surface area contributed by atoms with Crippen LogP contribution in [0.1, 0.15) is 59.7 Å². The zero-order valence-corrected chi connectivity index (χ0v) is 20.8. The number of aryl methyl sites for hydroxylation is 1. The van der Waals surface area contributed by atoms with Crippen molar-refractivity contribution in [1.82, 2.24) is 0 Å². The molecule has 0 heterocycles. The van der Waals surface area contributed by atoms with E-state index in [0.29, 0.717) is 0 Å². The predicted molar refractivity (Wildman–Crippen MR) is 141 cm³/mol. The van der Waals surface area contributed by atoms with Crippen LogP contribution in [-0.4, -0.2) is 12.2 Å². The number of rotatable bonds is 7. The SMILES string of the molecule is COc1ccc(C(C)(C)c2ccc(C(C)(c3ccc(C)cc3)c3ccc(CO)cc3)cc2)cc1. The minimum atomic E-state index is -0.315. The van der Waals surface area contributed by atoms with Crippen molar-refractivity contribution in [2.75, 3.05) is 7.11 Å². The van der Waals surface area contributed by atoms with Gasteiger partial charge in [-0.05, 0) is 59.4 Å². The van der Waals surface area contributed by atoms with Crippen LogP contribution in [0.2, 0.25) is 0 Å². The largest absolute Gasteiger partial charge is 0.497 e. The maximum Gasteiger partial charge on any atom is 0.118 e. The van der Waals surface area contributed by atoms with Gasteiger partial charge in [0.05, 0.1) is 13.7 Å². The summed E-state index contributed by atoms with van der Waals surface area (Å²) in [5, 5.41) is 9.52. The van der Waals surface area contributed by atoms with Gasteiger partial charge in [0.2, 0.25) is 0 Å². The van der Waals surface area contributed by atoms with Crippen LogP contribution in [0.4, 0.5) is 0 Å². The van der Waals surface area contributed by atoms with Gasteiger partial charge in [-0.25, -0.2) is 0 Å². The zero-order chi connectivity index (χ0) is 24.3. The van der Waals surface area contributed by atoms with Gasteiger partial charge < -0.3 is 9.84 Å². The van der Waals surface area contributed by atoms with E-state index in [4.69, 9.17) is 4.74 Å². The second-order valence-electron chi connectivity index (χ2n) is 9.78. The lowest BCUT2D eigenvalue weighted by Gasteiger charge is -2.33. The lowest BCUT2D eigenvalue weighted by molar-refractivity contribution is 0.282. The molecule has 0 spiro atoms. The Morgan fingerprint density at radius 1 is 0.588 bits per heavy atom. The highest BCUT2D eigenvalue weighted by atomic mass is 16.5. The summed E-state index contributed by atoms with van der Waals surface area (Å²) in [7, 11) is 1.70. The van der Waals surface area contributed by atoms with Gasteiger partial charge in [0.15, 0.2) is 0 Å². The van der Waals surface area contributed by atoms with Crippen molar-refractivity contribution in [3.63, 3.8) is 0 Å². The summed E-state index contributed by atoms with van der Waals surface area (Å²) >= 11 is 0. The molecule has 0 aliphatic heterocycles. The van der Waals surface area contributed by atoms with Crippen LogP contribution in [0.3, 0.4) is 0 Å². The third kappa shape index (κ3) is 4.38. The Bertz CT molecular complexity index is 1220. The molecular formula is C32H34O2. The lowest BCUT2D eigenvalue weighted by atomic mass is 9.70. The van der Waals surface area contributed by atoms with Gasteiger partial charge in [-0.3, -0.25) is 0 Å². The highest BCUT2D eigenvalue weighted by Gasteiger charge is 2.32. The Labute approximate surface area is 203 Å². The average Bonchev–Trinajstić information content (AvgIpc) is 2.89. The van der Waals surface area contributed by atoms with E-state index in [1.165, 1.54) is 33.4 Å². The first kappa shape index (κ1) is 23.8. The quantitative estimate of drug-likeness (QED) is 0.302. The molecule has 1 N–H and O–H groups in total. The third-order valence-corrected chi connectivity index (χ3v) is 7.34. The van der Waals surface area contributed by atoms with Crippen LogP contribution in [0.25, 0.3) is 0 Å². The van der Waals surface area contributed by atoms with Gasteiger partial charge in [-0.2, -0.15) is 0 Å². The van der Waals surface area contributed by atoms with Crippen LogP contribution in [0.5, 0.6) is 5.75 Å². The molecule has 0 saturated carbocycles. The van der Waals surface area contributed by atoms with Crippen molar-refractivity contribution in [3.8, 4) is 5.75 Å². The third-order valence-electron chi connectivity index (χ3n) is 7.34. The summed E-state index contributed by atoms with van der Waals surface area (Å²) in [6.07, 6.45) is 0. The minimum Gasteiger partial charge on any atom is -0.497 e. The Morgan fingerprint density at radius 3 is 1.41 bits per heavy atom. The minimum absolute atomic E-state index is 0.0522. The fraction of sp³-hybridized carbons (Fsp3) is 0.250. The molecule has 0 radical (unpaired) electrons. The Balaban J connectivity index is 1.77. The van der Waals surface area contributed by atoms with Gasteiger partial charge in [-0.15, -0.1) is 0 Å². The predicted octanol–water partition coefficient (Wildman–Crippen LogP) is 7.18. The molecule has 0 bridgehead atoms. The standard InChI is InChI=1S/C32H34O2/c1-23-6-10-27(11-7-23)32(4,28-12-8-24(22-33)9-13-28)29-16-14-25(15-17-29)31(2,3)26-18-20-30(34-5)21-19-26/h6-21,33H,22H2,1-5H3. The van der Waals surface area contributed by atoms with Crippen molar-refractivity contribution >= 4 is 0 Å². The number of hydrogen-bond acceptors (Lipinski definition) is 2. The maximum absolute atomic E-state index is 9.52. The lowest BCUT2D eigenvalue weighted by Crippen LogP contribution is -2.26. The fourth-order valence-electron chi connectivity index (χ4n) is 4.72. The highest BCUT2D eigenvalue weighted by molar-refractivity contribution is 5.52. The van der Waals surface area contributed by atoms with Crippen molar-refractivity contribution in [2.24, 2.45) is 0 Å². The van der Waals surface area contributed by atoms with Crippen molar-refractivity contribution in [2.45, 2.75) is 45.1 Å². The number of aliphatic hydroxyl groups excluding tert-OH is 1. The normalized spacial score (nSPS) is 13.4. The molecule has 34 heavy (non-hydrogen) atoms. The topological polar surface area (TPSA) is 29.5 Å². The van der Waals surface area contributed by atoms with Gasteiger partial charge in [0, 0.05) is 10.8 Å². The second kappa shape index (κ2) is 9.48. The number of methoxy groups -OCH3 is 1. The molecule has 1 atom stereocenters. The maximum atomic E-state index is 9.52. The van der Waals surface area contributed by atoms with Crippen LogP contribution >= 0.6 is 0 Å². The first-order valence-corrected chi connectivity index (χ1v) is 11.8. The van der Waals surface area contributed by atoms with Crippen LogP contribution in [0, 0.1) is 6.92 Å². The molecule has 0 fully saturated rings. The Morgan fingerprint density at radius 2 is 0.971 bits per heavy atom. The second-order valence-corrected chi connectivity index (χ2v) is 9.78. The van der Waals surface area contributed by atoms with Crippen LogP contribution in [-0.2, 0) is 17.4 Å². The van der Waals surface area contributed by atoms with E-state index in [2.05, 4.69) is 100 Å². The zero-order valence-electron chi connectivity index (χ0n) is 20.8. The Kier molecular flexibility index (Phi) is 6.63. The van der Waals surface area contributed by atoms with E-state index in [9.17, 15) is 5.11 Å². The van der Waals surface area contributed by atoms with Crippen molar-refractivity contribution in [3.05, 3.63) is 136 Å². The average molecular weight is 451 g/mol. The molecule has 0 amide bonds. The molecule has 2 nitrogen and oxygen atoms in total. The molecule has 4 rings (SSSR count). The molecule has 0 aliphatic rings. The van der Waals surface area contributed by atoms with E-state index in [-0.39, 0.29) is 17.4 Å². The first-order chi connectivity index (χ1) is 16.3. The first-order valence-electron chi connectivity index (χ1n) is 11.8. The summed E-state index contributed by atoms with van der Waals surface area (Å²) in [4.78, 5) is 0. The van der Waals surface area contributed by atoms with Gasteiger partial charge in [-0.1, -0.05) is 104 Å². The van der Waals surface area contributed by atoms with Gasteiger partial charge in [0.25, 0.3) is 0 Å². The van der Waals surface area contributed by atoms with E-state index < -0.39 is 0 Å². The molecule has 2 heteroatoms. The summed E-state index contributed by atoms with van der Waals surface area (Å²) in [6.45, 7) is 8.98. The Hall–Kier alpha value is -3.36. The number of hydrogen-bond donors (Lipinski definition) is 1. The molecule has 0 aliphatic carbocycles. The van der Waals surface area contributed by atoms with Gasteiger partial charge >= 0.3 is 0 Å². The summed E-state index contributed by atoms with van der Waals surface area (Å²) in [6, 6.07) is 34.5. The molecule has 4 aromatic rings. The van der Waals surface area contributed by atoms with E-state index in [1.54, 1.807) is 7.11 Å². The number of benzene rings is 4. The number of aliphatic hydroxyl groups is 1. The monoisotopic (exact) mass is 450 g/mol. The molecule has 4 aromatic carbocycles. The highest BCUT2D eigenvalue weighted by Crippen LogP contribution is 2.40. The van der Waals surface area contributed by atoms with Crippen molar-refractivity contribution < 1.29 is 9.84 Å². The van der Waals surface area contributed by atoms with E-state index in [1.807, 2.05) is 24.3 Å². The summed E-state index contributed by atoms with van der Waals surface area (Å²) in [5.74, 6) is 0.871. The van der Waals surface area contributed by atoms with Crippen LogP contribution < -0.4 is 4.74 Å². The molecule has 0 aromatic heterocycles.